The lowest BCUT2D eigenvalue weighted by molar-refractivity contribution is 0.101. The number of benzene rings is 2. The Kier molecular flexibility index (Phi) is 6.16. The molecule has 2 heterocycles. The molecular weight excluding hydrogens is 464 g/mol. The molecule has 0 aliphatic heterocycles. The zero-order valence-corrected chi connectivity index (χ0v) is 17.6. The number of aromatic nitrogens is 3. The molecule has 5 nitrogen and oxygen atoms in total. The lowest BCUT2D eigenvalue weighted by atomic mass is 10.1. The van der Waals surface area contributed by atoms with E-state index in [0.717, 1.165) is 12.1 Å². The lowest BCUT2D eigenvalue weighted by Gasteiger charge is -2.13. The van der Waals surface area contributed by atoms with Crippen molar-refractivity contribution in [2.75, 3.05) is 5.32 Å². The molecule has 0 unspecified atom stereocenters. The Bertz CT molecular complexity index is 1290. The van der Waals surface area contributed by atoms with Crippen LogP contribution < -0.4 is 5.32 Å². The number of pyridine rings is 1. The summed E-state index contributed by atoms with van der Waals surface area (Å²) in [6.07, 6.45) is 1.32. The van der Waals surface area contributed by atoms with Crippen molar-refractivity contribution in [3.63, 3.8) is 0 Å². The normalized spacial score (nSPS) is 10.9. The highest BCUT2D eigenvalue weighted by atomic mass is 35.5. The topological polar surface area (TPSA) is 59.8 Å². The number of imidazole rings is 1. The average Bonchev–Trinajstić information content (AvgIpc) is 3.18. The van der Waals surface area contributed by atoms with Gasteiger partial charge in [0.25, 0.3) is 5.91 Å². The van der Waals surface area contributed by atoms with E-state index in [1.807, 2.05) is 6.07 Å². The molecule has 162 valence electrons. The minimum Gasteiger partial charge on any atom is -0.318 e. The smallest absolute Gasteiger partial charge is 0.274 e. The van der Waals surface area contributed by atoms with E-state index in [1.54, 1.807) is 24.3 Å². The Morgan fingerprint density at radius 1 is 1.00 bits per heavy atom. The molecule has 0 saturated carbocycles. The van der Waals surface area contributed by atoms with Crippen LogP contribution in [0.2, 0.25) is 10.3 Å². The third-order valence-electron chi connectivity index (χ3n) is 4.57. The van der Waals surface area contributed by atoms with E-state index >= 15 is 0 Å². The van der Waals surface area contributed by atoms with Gasteiger partial charge in [-0.2, -0.15) is 0 Å². The second kappa shape index (κ2) is 9.02. The van der Waals surface area contributed by atoms with Gasteiger partial charge in [0.15, 0.2) is 22.6 Å². The van der Waals surface area contributed by atoms with Crippen LogP contribution in [-0.2, 0) is 6.54 Å². The van der Waals surface area contributed by atoms with E-state index in [-0.39, 0.29) is 33.8 Å². The van der Waals surface area contributed by atoms with Crippen molar-refractivity contribution in [3.8, 4) is 11.4 Å². The number of nitrogens with zero attached hydrogens (tertiary/aromatic N) is 3. The predicted molar refractivity (Wildman–Crippen MR) is 115 cm³/mol. The summed E-state index contributed by atoms with van der Waals surface area (Å²) in [5.41, 5.74) is 1.08. The van der Waals surface area contributed by atoms with Crippen LogP contribution in [-0.4, -0.2) is 20.4 Å². The summed E-state index contributed by atoms with van der Waals surface area (Å²) in [6, 6.07) is 13.6. The van der Waals surface area contributed by atoms with Gasteiger partial charge in [-0.25, -0.2) is 23.1 Å². The quantitative estimate of drug-likeness (QED) is 0.285. The number of hydrogen-bond acceptors (Lipinski definition) is 3. The molecule has 0 atom stereocenters. The Morgan fingerprint density at radius 2 is 1.69 bits per heavy atom. The summed E-state index contributed by atoms with van der Waals surface area (Å²) in [5, 5.41) is 2.76. The summed E-state index contributed by atoms with van der Waals surface area (Å²) < 4.78 is 42.4. The lowest BCUT2D eigenvalue weighted by Crippen LogP contribution is -2.18. The maximum atomic E-state index is 13.8. The van der Waals surface area contributed by atoms with E-state index in [0.29, 0.717) is 11.4 Å². The van der Waals surface area contributed by atoms with Gasteiger partial charge < -0.3 is 9.88 Å². The number of rotatable bonds is 5. The van der Waals surface area contributed by atoms with Gasteiger partial charge in [0.05, 0.1) is 18.4 Å². The minimum absolute atomic E-state index is 0.0112. The highest BCUT2D eigenvalue weighted by Crippen LogP contribution is 2.25. The first-order valence-corrected chi connectivity index (χ1v) is 9.97. The molecule has 0 aliphatic carbocycles. The number of nitrogens with one attached hydrogen (secondary N) is 1. The fourth-order valence-corrected chi connectivity index (χ4v) is 3.50. The summed E-state index contributed by atoms with van der Waals surface area (Å²) in [6.45, 7) is -0.145. The average molecular weight is 477 g/mol. The van der Waals surface area contributed by atoms with Crippen molar-refractivity contribution in [1.29, 1.82) is 0 Å². The summed E-state index contributed by atoms with van der Waals surface area (Å²) >= 11 is 11.8. The van der Waals surface area contributed by atoms with Crippen molar-refractivity contribution >= 4 is 34.8 Å². The molecule has 4 aromatic rings. The predicted octanol–water partition coefficient (Wildman–Crippen LogP) is 5.97. The molecule has 1 amide bonds. The standard InChI is InChI=1S/C22H13Cl2F3N4O/c23-18-7-6-16(20(24)30-18)29-22(32)17-10-28-21(13-4-2-1-3-5-13)31(17)11-12-8-14(25)19(27)15(26)9-12/h1-10H,11H2,(H,29,32). The van der Waals surface area contributed by atoms with Gasteiger partial charge in [-0.1, -0.05) is 53.5 Å². The van der Waals surface area contributed by atoms with E-state index in [2.05, 4.69) is 15.3 Å². The third kappa shape index (κ3) is 4.46. The Balaban J connectivity index is 1.76. The van der Waals surface area contributed by atoms with Crippen LogP contribution in [0.15, 0.2) is 60.8 Å². The van der Waals surface area contributed by atoms with E-state index in [9.17, 15) is 18.0 Å². The summed E-state index contributed by atoms with van der Waals surface area (Å²) in [4.78, 5) is 21.2. The Hall–Kier alpha value is -3.36. The van der Waals surface area contributed by atoms with E-state index in [1.165, 1.54) is 22.9 Å². The first-order chi connectivity index (χ1) is 15.3. The van der Waals surface area contributed by atoms with Gasteiger partial charge in [-0.3, -0.25) is 4.79 Å². The van der Waals surface area contributed by atoms with Crippen LogP contribution >= 0.6 is 23.2 Å². The molecule has 2 aromatic carbocycles. The van der Waals surface area contributed by atoms with Crippen molar-refractivity contribution in [3.05, 3.63) is 99.8 Å². The van der Waals surface area contributed by atoms with Crippen molar-refractivity contribution in [1.82, 2.24) is 14.5 Å². The molecule has 0 fully saturated rings. The maximum absolute atomic E-state index is 13.8. The summed E-state index contributed by atoms with van der Waals surface area (Å²) in [5.74, 6) is -4.43. The molecule has 4 rings (SSSR count). The maximum Gasteiger partial charge on any atom is 0.274 e. The van der Waals surface area contributed by atoms with Gasteiger partial charge in [0, 0.05) is 5.56 Å². The summed E-state index contributed by atoms with van der Waals surface area (Å²) in [7, 11) is 0. The molecule has 2 aromatic heterocycles. The number of amides is 1. The van der Waals surface area contributed by atoms with Crippen LogP contribution in [0, 0.1) is 17.5 Å². The van der Waals surface area contributed by atoms with Crippen molar-refractivity contribution in [2.45, 2.75) is 6.54 Å². The van der Waals surface area contributed by atoms with E-state index < -0.39 is 23.4 Å². The second-order valence-corrected chi connectivity index (χ2v) is 7.46. The Morgan fingerprint density at radius 3 is 2.34 bits per heavy atom. The second-order valence-electron chi connectivity index (χ2n) is 6.72. The van der Waals surface area contributed by atoms with Gasteiger partial charge in [-0.15, -0.1) is 0 Å². The minimum atomic E-state index is -1.56. The van der Waals surface area contributed by atoms with Gasteiger partial charge >= 0.3 is 0 Å². The monoisotopic (exact) mass is 476 g/mol. The first kappa shape index (κ1) is 21.9. The fourth-order valence-electron chi connectivity index (χ4n) is 3.11. The molecule has 1 N–H and O–H groups in total. The zero-order chi connectivity index (χ0) is 22.8. The zero-order valence-electron chi connectivity index (χ0n) is 16.1. The molecule has 10 heteroatoms. The highest BCUT2D eigenvalue weighted by molar-refractivity contribution is 6.34. The number of carbonyl (C=O) groups excluding carboxylic acids is 1. The van der Waals surface area contributed by atoms with Crippen molar-refractivity contribution in [2.24, 2.45) is 0 Å². The Labute approximate surface area is 190 Å². The highest BCUT2D eigenvalue weighted by Gasteiger charge is 2.20. The number of hydrogen-bond donors (Lipinski definition) is 1. The van der Waals surface area contributed by atoms with Crippen LogP contribution in [0.5, 0.6) is 0 Å². The van der Waals surface area contributed by atoms with Crippen LogP contribution in [0.3, 0.4) is 0 Å². The van der Waals surface area contributed by atoms with Gasteiger partial charge in [0.2, 0.25) is 0 Å². The molecule has 0 aliphatic rings. The third-order valence-corrected chi connectivity index (χ3v) is 5.07. The number of anilines is 1. The number of carbonyl (C=O) groups is 1. The molecule has 0 spiro atoms. The van der Waals surface area contributed by atoms with E-state index in [4.69, 9.17) is 23.2 Å². The van der Waals surface area contributed by atoms with Crippen molar-refractivity contribution < 1.29 is 18.0 Å². The largest absolute Gasteiger partial charge is 0.318 e. The molecular formula is C22H13Cl2F3N4O. The first-order valence-electron chi connectivity index (χ1n) is 9.21. The van der Waals surface area contributed by atoms with Crippen LogP contribution in [0.4, 0.5) is 18.9 Å². The van der Waals surface area contributed by atoms with Crippen LogP contribution in [0.25, 0.3) is 11.4 Å². The van der Waals surface area contributed by atoms with Gasteiger partial charge in [-0.05, 0) is 29.8 Å². The fraction of sp³-hybridized carbons (Fsp3) is 0.0455. The molecule has 0 saturated heterocycles. The number of halogens is 5. The van der Waals surface area contributed by atoms with Gasteiger partial charge in [0.1, 0.15) is 16.7 Å². The SMILES string of the molecule is O=C(Nc1ccc(Cl)nc1Cl)c1cnc(-c2ccccc2)n1Cc1cc(F)c(F)c(F)c1. The molecule has 0 bridgehead atoms. The molecule has 32 heavy (non-hydrogen) atoms. The van der Waals surface area contributed by atoms with Crippen LogP contribution in [0.1, 0.15) is 16.1 Å². The molecule has 0 radical (unpaired) electrons.